The minimum atomic E-state index is -0.623. The number of nitrogens with one attached hydrogen (secondary N) is 1. The fraction of sp³-hybridized carbons (Fsp3) is 0.211. The highest BCUT2D eigenvalue weighted by Crippen LogP contribution is 2.16. The molecule has 144 valence electrons. The summed E-state index contributed by atoms with van der Waals surface area (Å²) in [4.78, 5) is 36.0. The maximum atomic E-state index is 12.3. The number of amides is 1. The minimum absolute atomic E-state index is 0.00695. The zero-order valence-corrected chi connectivity index (χ0v) is 15.1. The number of benzene rings is 2. The lowest BCUT2D eigenvalue weighted by Crippen LogP contribution is -2.26. The fourth-order valence-electron chi connectivity index (χ4n) is 2.48. The molecule has 0 bridgehead atoms. The summed E-state index contributed by atoms with van der Waals surface area (Å²) in [5.74, 6) is -0.511. The van der Waals surface area contributed by atoms with E-state index in [0.29, 0.717) is 22.3 Å². The lowest BCUT2D eigenvalue weighted by Gasteiger charge is -2.08. The fourth-order valence-corrected chi connectivity index (χ4v) is 2.48. The van der Waals surface area contributed by atoms with Crippen molar-refractivity contribution in [2.45, 2.75) is 13.0 Å². The summed E-state index contributed by atoms with van der Waals surface area (Å²) in [5, 5.41) is 10.8. The van der Waals surface area contributed by atoms with Gasteiger partial charge in [0, 0.05) is 11.8 Å². The molecule has 0 spiro atoms. The van der Waals surface area contributed by atoms with Gasteiger partial charge in [0.15, 0.2) is 6.61 Å². The van der Waals surface area contributed by atoms with Gasteiger partial charge in [0.2, 0.25) is 0 Å². The summed E-state index contributed by atoms with van der Waals surface area (Å²) in [5.41, 5.74) is 0.674. The largest absolute Gasteiger partial charge is 0.497 e. The van der Waals surface area contributed by atoms with E-state index in [-0.39, 0.29) is 18.5 Å². The van der Waals surface area contributed by atoms with Crippen molar-refractivity contribution >= 4 is 28.5 Å². The third-order valence-electron chi connectivity index (χ3n) is 3.87. The second-order valence-corrected chi connectivity index (χ2v) is 5.83. The van der Waals surface area contributed by atoms with Crippen molar-refractivity contribution in [3.05, 3.63) is 58.9 Å². The predicted octanol–water partition coefficient (Wildman–Crippen LogP) is 1.37. The van der Waals surface area contributed by atoms with Crippen LogP contribution in [0, 0.1) is 0 Å². The molecule has 9 heteroatoms. The summed E-state index contributed by atoms with van der Waals surface area (Å²) in [6.07, 6.45) is -0.112. The number of esters is 1. The second kappa shape index (κ2) is 8.76. The summed E-state index contributed by atoms with van der Waals surface area (Å²) in [7, 11) is 1.52. The van der Waals surface area contributed by atoms with E-state index >= 15 is 0 Å². The highest BCUT2D eigenvalue weighted by Gasteiger charge is 2.11. The van der Waals surface area contributed by atoms with Crippen molar-refractivity contribution in [2.24, 2.45) is 0 Å². The summed E-state index contributed by atoms with van der Waals surface area (Å²) >= 11 is 0. The lowest BCUT2D eigenvalue weighted by molar-refractivity contribution is -0.147. The van der Waals surface area contributed by atoms with Gasteiger partial charge in [-0.1, -0.05) is 23.4 Å². The number of fused-ring (bicyclic) bond motifs is 1. The van der Waals surface area contributed by atoms with Crippen LogP contribution >= 0.6 is 0 Å². The normalized spacial score (nSPS) is 10.5. The Bertz CT molecular complexity index is 1060. The van der Waals surface area contributed by atoms with Gasteiger partial charge in [0.1, 0.15) is 11.3 Å². The average Bonchev–Trinajstić information content (AvgIpc) is 2.72. The molecule has 28 heavy (non-hydrogen) atoms. The van der Waals surface area contributed by atoms with Gasteiger partial charge in [-0.25, -0.2) is 4.68 Å². The number of hydrogen-bond donors (Lipinski definition) is 1. The van der Waals surface area contributed by atoms with Crippen LogP contribution in [0.2, 0.25) is 0 Å². The van der Waals surface area contributed by atoms with Gasteiger partial charge in [0.05, 0.1) is 25.5 Å². The molecular formula is C19H18N4O5. The van der Waals surface area contributed by atoms with Crippen LogP contribution in [-0.2, 0) is 20.9 Å². The van der Waals surface area contributed by atoms with Gasteiger partial charge < -0.3 is 14.8 Å². The standard InChI is InChI=1S/C19H18N4O5/c1-27-14-6-4-5-13(11-14)20-17(24)12-28-18(25)9-10-23-19(26)15-7-2-3-8-16(15)21-22-23/h2-8,11H,9-10,12H2,1H3,(H,20,24). The molecule has 1 amide bonds. The Morgan fingerprint density at radius 2 is 1.96 bits per heavy atom. The van der Waals surface area contributed by atoms with Crippen LogP contribution in [0.15, 0.2) is 53.3 Å². The Balaban J connectivity index is 1.50. The molecule has 1 aromatic heterocycles. The molecule has 3 rings (SSSR count). The zero-order chi connectivity index (χ0) is 19.9. The summed E-state index contributed by atoms with van der Waals surface area (Å²) < 4.78 is 11.1. The van der Waals surface area contributed by atoms with Crippen LogP contribution in [0.3, 0.4) is 0 Å². The van der Waals surface area contributed by atoms with Gasteiger partial charge in [-0.2, -0.15) is 0 Å². The minimum Gasteiger partial charge on any atom is -0.497 e. The predicted molar refractivity (Wildman–Crippen MR) is 101 cm³/mol. The van der Waals surface area contributed by atoms with E-state index in [0.717, 1.165) is 4.68 Å². The molecule has 0 aliphatic rings. The van der Waals surface area contributed by atoms with Gasteiger partial charge in [-0.15, -0.1) is 5.10 Å². The maximum absolute atomic E-state index is 12.3. The molecule has 0 saturated heterocycles. The molecule has 3 aromatic rings. The second-order valence-electron chi connectivity index (χ2n) is 5.83. The number of anilines is 1. The molecule has 0 atom stereocenters. The first-order valence-corrected chi connectivity index (χ1v) is 8.49. The smallest absolute Gasteiger partial charge is 0.308 e. The Labute approximate surface area is 159 Å². The molecule has 0 unspecified atom stereocenters. The lowest BCUT2D eigenvalue weighted by atomic mass is 10.2. The summed E-state index contributed by atoms with van der Waals surface area (Å²) in [6.45, 7) is -0.429. The van der Waals surface area contributed by atoms with Crippen LogP contribution in [0.4, 0.5) is 5.69 Å². The molecule has 0 aliphatic heterocycles. The van der Waals surface area contributed by atoms with Crippen molar-refractivity contribution in [2.75, 3.05) is 19.0 Å². The van der Waals surface area contributed by atoms with E-state index in [1.807, 2.05) is 0 Å². The maximum Gasteiger partial charge on any atom is 0.308 e. The highest BCUT2D eigenvalue weighted by atomic mass is 16.5. The van der Waals surface area contributed by atoms with Crippen LogP contribution < -0.4 is 15.6 Å². The Morgan fingerprint density at radius 3 is 2.79 bits per heavy atom. The third kappa shape index (κ3) is 4.70. The van der Waals surface area contributed by atoms with Gasteiger partial charge in [-0.3, -0.25) is 14.4 Å². The Hall–Kier alpha value is -3.75. The number of rotatable bonds is 7. The van der Waals surface area contributed by atoms with E-state index in [1.54, 1.807) is 48.5 Å². The monoisotopic (exact) mass is 382 g/mol. The Kier molecular flexibility index (Phi) is 5.95. The molecule has 0 radical (unpaired) electrons. The van der Waals surface area contributed by atoms with E-state index in [9.17, 15) is 14.4 Å². The number of hydrogen-bond acceptors (Lipinski definition) is 7. The first-order valence-electron chi connectivity index (χ1n) is 8.49. The molecule has 2 aromatic carbocycles. The van der Waals surface area contributed by atoms with Gasteiger partial charge in [0.25, 0.3) is 11.5 Å². The van der Waals surface area contributed by atoms with Gasteiger partial charge >= 0.3 is 5.97 Å². The van der Waals surface area contributed by atoms with Crippen molar-refractivity contribution in [3.63, 3.8) is 0 Å². The first-order chi connectivity index (χ1) is 13.6. The van der Waals surface area contributed by atoms with Crippen LogP contribution in [0.1, 0.15) is 6.42 Å². The van der Waals surface area contributed by atoms with E-state index in [4.69, 9.17) is 9.47 Å². The van der Waals surface area contributed by atoms with Crippen LogP contribution in [-0.4, -0.2) is 40.6 Å². The molecule has 0 saturated carbocycles. The number of methoxy groups -OCH3 is 1. The highest BCUT2D eigenvalue weighted by molar-refractivity contribution is 5.92. The average molecular weight is 382 g/mol. The Morgan fingerprint density at radius 1 is 1.14 bits per heavy atom. The SMILES string of the molecule is COc1cccc(NC(=O)COC(=O)CCn2nnc3ccccc3c2=O)c1. The molecule has 0 fully saturated rings. The molecule has 1 N–H and O–H groups in total. The molecular weight excluding hydrogens is 364 g/mol. The number of carbonyl (C=O) groups is 2. The number of carbonyl (C=O) groups excluding carboxylic acids is 2. The summed E-state index contributed by atoms with van der Waals surface area (Å²) in [6, 6.07) is 13.6. The number of aryl methyl sites for hydroxylation is 1. The van der Waals surface area contributed by atoms with Crippen molar-refractivity contribution in [1.29, 1.82) is 0 Å². The number of nitrogens with zero attached hydrogens (tertiary/aromatic N) is 3. The van der Waals surface area contributed by atoms with Gasteiger partial charge in [-0.05, 0) is 24.3 Å². The van der Waals surface area contributed by atoms with E-state index in [1.165, 1.54) is 7.11 Å². The quantitative estimate of drug-likeness (QED) is 0.614. The number of ether oxygens (including phenoxy) is 2. The topological polar surface area (TPSA) is 112 Å². The molecule has 9 nitrogen and oxygen atoms in total. The van der Waals surface area contributed by atoms with Crippen LogP contribution in [0.25, 0.3) is 10.9 Å². The zero-order valence-electron chi connectivity index (χ0n) is 15.1. The van der Waals surface area contributed by atoms with E-state index in [2.05, 4.69) is 15.6 Å². The molecule has 1 heterocycles. The first kappa shape index (κ1) is 19.0. The van der Waals surface area contributed by atoms with Crippen molar-refractivity contribution in [3.8, 4) is 5.75 Å². The van der Waals surface area contributed by atoms with Crippen LogP contribution in [0.5, 0.6) is 5.75 Å². The number of aromatic nitrogens is 3. The van der Waals surface area contributed by atoms with Crippen molar-refractivity contribution < 1.29 is 19.1 Å². The molecule has 0 aliphatic carbocycles. The van der Waals surface area contributed by atoms with Crippen molar-refractivity contribution in [1.82, 2.24) is 15.0 Å². The van der Waals surface area contributed by atoms with E-state index < -0.39 is 18.5 Å². The third-order valence-corrected chi connectivity index (χ3v) is 3.87.